The Kier molecular flexibility index (Phi) is 7.31. The van der Waals surface area contributed by atoms with Crippen molar-refractivity contribution in [3.05, 3.63) is 58.1 Å². The molecule has 1 atom stereocenters. The third-order valence-corrected chi connectivity index (χ3v) is 6.20. The van der Waals surface area contributed by atoms with Crippen LogP contribution in [0.1, 0.15) is 90.1 Å². The van der Waals surface area contributed by atoms with Crippen molar-refractivity contribution in [2.75, 3.05) is 0 Å². The Hall–Kier alpha value is -1.81. The van der Waals surface area contributed by atoms with Crippen LogP contribution in [0, 0.1) is 6.92 Å². The van der Waals surface area contributed by atoms with Gasteiger partial charge in [0.25, 0.3) is 0 Å². The van der Waals surface area contributed by atoms with Crippen LogP contribution in [0.25, 0.3) is 0 Å². The number of rotatable bonds is 5. The molecule has 0 amide bonds. The highest BCUT2D eigenvalue weighted by Crippen LogP contribution is 2.51. The number of benzene rings is 2. The van der Waals surface area contributed by atoms with Crippen molar-refractivity contribution in [2.45, 2.75) is 92.0 Å². The molecular weight excluding hydrogens is 421 g/mol. The van der Waals surface area contributed by atoms with Crippen molar-refractivity contribution >= 4 is 7.82 Å². The molecule has 2 aromatic carbocycles. The summed E-state index contributed by atoms with van der Waals surface area (Å²) in [4.78, 5) is 10.9. The smallest absolute Gasteiger partial charge is 0.395 e. The van der Waals surface area contributed by atoms with Gasteiger partial charge < -0.3 is 14.8 Å². The number of nitrogens with two attached hydrogens (primary N) is 1. The van der Waals surface area contributed by atoms with Gasteiger partial charge in [-0.3, -0.25) is 4.89 Å². The van der Waals surface area contributed by atoms with Crippen LogP contribution in [0.3, 0.4) is 0 Å². The molecule has 0 aromatic heterocycles. The Morgan fingerprint density at radius 3 is 1.69 bits per heavy atom. The molecule has 0 heterocycles. The number of hydrogen-bond acceptors (Lipinski definition) is 4. The molecule has 0 saturated heterocycles. The fourth-order valence-corrected chi connectivity index (χ4v) is 4.46. The lowest BCUT2D eigenvalue weighted by Gasteiger charge is -2.31. The van der Waals surface area contributed by atoms with E-state index in [9.17, 15) is 9.46 Å². The van der Waals surface area contributed by atoms with Crippen LogP contribution < -0.4 is 14.8 Å². The molecule has 32 heavy (non-hydrogen) atoms. The molecule has 0 saturated carbocycles. The average molecular weight is 462 g/mol. The van der Waals surface area contributed by atoms with Crippen LogP contribution in [0.15, 0.2) is 30.3 Å². The van der Waals surface area contributed by atoms with Crippen molar-refractivity contribution in [3.8, 4) is 11.5 Å². The van der Waals surface area contributed by atoms with E-state index in [-0.39, 0.29) is 16.2 Å². The second-order valence-corrected chi connectivity index (χ2v) is 12.9. The van der Waals surface area contributed by atoms with Crippen molar-refractivity contribution in [1.82, 2.24) is 0 Å². The quantitative estimate of drug-likeness (QED) is 0.473. The maximum Gasteiger partial charge on any atom is 0.584 e. The van der Waals surface area contributed by atoms with Gasteiger partial charge in [0.2, 0.25) is 0 Å². The number of phosphoric acid groups is 1. The van der Waals surface area contributed by atoms with Crippen LogP contribution in [-0.4, -0.2) is 4.89 Å². The number of hydrogen-bond donors (Lipinski definition) is 2. The summed E-state index contributed by atoms with van der Waals surface area (Å²) in [6.07, 6.45) is 0. The molecule has 2 rings (SSSR count). The Bertz CT molecular complexity index is 989. The van der Waals surface area contributed by atoms with E-state index in [0.717, 1.165) is 27.8 Å². The van der Waals surface area contributed by atoms with Crippen molar-refractivity contribution < 1.29 is 18.5 Å². The van der Waals surface area contributed by atoms with E-state index in [4.69, 9.17) is 14.8 Å². The van der Waals surface area contributed by atoms with Gasteiger partial charge in [0.1, 0.15) is 11.5 Å². The summed E-state index contributed by atoms with van der Waals surface area (Å²) in [5, 5.41) is 0. The Balaban J connectivity index is 2.62. The Morgan fingerprint density at radius 2 is 1.28 bits per heavy atom. The first-order valence-corrected chi connectivity index (χ1v) is 12.6. The summed E-state index contributed by atoms with van der Waals surface area (Å²) in [6, 6.07) is 9.48. The second kappa shape index (κ2) is 8.85. The van der Waals surface area contributed by atoms with Gasteiger partial charge in [0.15, 0.2) is 0 Å². The van der Waals surface area contributed by atoms with E-state index in [1.54, 1.807) is 6.07 Å². The average Bonchev–Trinajstić information content (AvgIpc) is 2.60. The van der Waals surface area contributed by atoms with Gasteiger partial charge in [-0.1, -0.05) is 92.1 Å². The first-order valence-electron chi connectivity index (χ1n) is 11.1. The minimum absolute atomic E-state index is 0.267. The maximum absolute atomic E-state index is 13.3. The van der Waals surface area contributed by atoms with Crippen LogP contribution in [0.5, 0.6) is 11.5 Å². The molecule has 0 radical (unpaired) electrons. The summed E-state index contributed by atoms with van der Waals surface area (Å²) in [7, 11) is -4.50. The van der Waals surface area contributed by atoms with Gasteiger partial charge in [-0.15, -0.1) is 0 Å². The van der Waals surface area contributed by atoms with Crippen LogP contribution in [0.4, 0.5) is 0 Å². The van der Waals surface area contributed by atoms with Crippen molar-refractivity contribution in [3.63, 3.8) is 0 Å². The SMILES string of the molecule is Cc1ccc(OP(=O)(O)Oc2c(C(C)(C)C)cc(CN)cc2C(C)(C)C)c(C(C)(C)C)c1. The highest BCUT2D eigenvalue weighted by Gasteiger charge is 2.35. The molecular formula is C26H40NO4P. The van der Waals surface area contributed by atoms with E-state index in [1.807, 2.05) is 93.5 Å². The van der Waals surface area contributed by atoms with Crippen molar-refractivity contribution in [1.29, 1.82) is 0 Å². The molecule has 5 nitrogen and oxygen atoms in total. The van der Waals surface area contributed by atoms with Gasteiger partial charge in [0.05, 0.1) is 0 Å². The summed E-state index contributed by atoms with van der Waals surface area (Å²) in [5.74, 6) is 0.736. The molecule has 0 aliphatic rings. The molecule has 1 unspecified atom stereocenters. The van der Waals surface area contributed by atoms with E-state index < -0.39 is 7.82 Å². The summed E-state index contributed by atoms with van der Waals surface area (Å²) in [6.45, 7) is 20.7. The van der Waals surface area contributed by atoms with Gasteiger partial charge in [-0.2, -0.15) is 0 Å². The predicted molar refractivity (Wildman–Crippen MR) is 133 cm³/mol. The van der Waals surface area contributed by atoms with E-state index in [1.165, 1.54) is 0 Å². The molecule has 0 bridgehead atoms. The molecule has 178 valence electrons. The monoisotopic (exact) mass is 461 g/mol. The normalized spacial score (nSPS) is 14.8. The van der Waals surface area contributed by atoms with Gasteiger partial charge in [0, 0.05) is 23.2 Å². The molecule has 0 spiro atoms. The lowest BCUT2D eigenvalue weighted by atomic mass is 9.78. The molecule has 0 aliphatic heterocycles. The van der Waals surface area contributed by atoms with Crippen LogP contribution in [0.2, 0.25) is 0 Å². The molecule has 0 fully saturated rings. The Labute approximate surface area is 194 Å². The summed E-state index contributed by atoms with van der Waals surface area (Å²) in [5.41, 5.74) is 9.52. The van der Waals surface area contributed by atoms with E-state index >= 15 is 0 Å². The number of aryl methyl sites for hydroxylation is 1. The van der Waals surface area contributed by atoms with Crippen LogP contribution >= 0.6 is 7.82 Å². The zero-order valence-corrected chi connectivity index (χ0v) is 22.2. The predicted octanol–water partition coefficient (Wildman–Crippen LogP) is 6.90. The Morgan fingerprint density at radius 1 is 0.812 bits per heavy atom. The molecule has 6 heteroatoms. The topological polar surface area (TPSA) is 81.8 Å². The second-order valence-electron chi connectivity index (χ2n) is 11.6. The largest absolute Gasteiger partial charge is 0.584 e. The first-order chi connectivity index (χ1) is 14.3. The summed E-state index contributed by atoms with van der Waals surface area (Å²) < 4.78 is 24.9. The fraction of sp³-hybridized carbons (Fsp3) is 0.538. The van der Waals surface area contributed by atoms with E-state index in [2.05, 4.69) is 0 Å². The van der Waals surface area contributed by atoms with Gasteiger partial charge >= 0.3 is 7.82 Å². The summed E-state index contributed by atoms with van der Waals surface area (Å²) >= 11 is 0. The third kappa shape index (κ3) is 6.37. The zero-order chi connectivity index (χ0) is 24.7. The van der Waals surface area contributed by atoms with E-state index in [0.29, 0.717) is 18.0 Å². The molecule has 3 N–H and O–H groups in total. The maximum atomic E-state index is 13.3. The fourth-order valence-electron chi connectivity index (χ4n) is 3.59. The highest BCUT2D eigenvalue weighted by atomic mass is 31.2. The minimum Gasteiger partial charge on any atom is -0.395 e. The standard InChI is InChI=1S/C26H40NO4P/c1-17-11-12-22(19(13-17)24(2,3)4)30-32(28,29)31-23-20(25(5,6)7)14-18(16-27)15-21(23)26(8,9)10/h11-15H,16,27H2,1-10H3,(H,28,29). The first kappa shape index (κ1) is 26.4. The number of phosphoric ester groups is 1. The third-order valence-electron chi connectivity index (χ3n) is 5.36. The highest BCUT2D eigenvalue weighted by molar-refractivity contribution is 7.48. The van der Waals surface area contributed by atoms with Gasteiger partial charge in [-0.25, -0.2) is 4.57 Å². The van der Waals surface area contributed by atoms with Gasteiger partial charge in [-0.05, 0) is 34.8 Å². The lowest BCUT2D eigenvalue weighted by molar-refractivity contribution is 0.283. The molecule has 2 aromatic rings. The van der Waals surface area contributed by atoms with Crippen molar-refractivity contribution in [2.24, 2.45) is 5.73 Å². The minimum atomic E-state index is -4.50. The van der Waals surface area contributed by atoms with Crippen LogP contribution in [-0.2, 0) is 27.4 Å². The molecule has 0 aliphatic carbocycles. The lowest BCUT2D eigenvalue weighted by Crippen LogP contribution is -2.21. The zero-order valence-electron chi connectivity index (χ0n) is 21.3.